The molecule has 1 rings (SSSR count). The summed E-state index contributed by atoms with van der Waals surface area (Å²) in [5.74, 6) is -0.901. The molecule has 1 aromatic carbocycles. The SMILES string of the molecule is CC(C)CC(NC(=O)CCN(C)c1ccc(O)cc1)C(=O)O. The van der Waals surface area contributed by atoms with Crippen LogP contribution in [0.4, 0.5) is 5.69 Å². The number of phenolic OH excluding ortho intramolecular Hbond substituents is 1. The van der Waals surface area contributed by atoms with Crippen molar-refractivity contribution in [3.8, 4) is 5.75 Å². The second kappa shape index (κ2) is 8.26. The molecule has 1 aromatic rings. The molecule has 1 unspecified atom stereocenters. The molecule has 3 N–H and O–H groups in total. The summed E-state index contributed by atoms with van der Waals surface area (Å²) in [5.41, 5.74) is 0.877. The van der Waals surface area contributed by atoms with E-state index in [0.29, 0.717) is 13.0 Å². The normalized spacial score (nSPS) is 12.0. The minimum absolute atomic E-state index is 0.188. The zero-order valence-corrected chi connectivity index (χ0v) is 13.2. The van der Waals surface area contributed by atoms with Crippen molar-refractivity contribution in [2.45, 2.75) is 32.7 Å². The quantitative estimate of drug-likeness (QED) is 0.682. The number of hydrogen-bond acceptors (Lipinski definition) is 4. The topological polar surface area (TPSA) is 89.9 Å². The molecule has 0 radical (unpaired) electrons. The Morgan fingerprint density at radius 3 is 2.32 bits per heavy atom. The molecule has 0 spiro atoms. The van der Waals surface area contributed by atoms with Gasteiger partial charge in [-0.3, -0.25) is 4.79 Å². The molecule has 6 heteroatoms. The van der Waals surface area contributed by atoms with Crippen molar-refractivity contribution >= 4 is 17.6 Å². The van der Waals surface area contributed by atoms with Gasteiger partial charge in [-0.1, -0.05) is 13.8 Å². The smallest absolute Gasteiger partial charge is 0.326 e. The number of carboxylic acid groups (broad SMARTS) is 1. The lowest BCUT2D eigenvalue weighted by molar-refractivity contribution is -0.142. The van der Waals surface area contributed by atoms with Crippen LogP contribution in [0.1, 0.15) is 26.7 Å². The van der Waals surface area contributed by atoms with E-state index >= 15 is 0 Å². The zero-order chi connectivity index (χ0) is 16.7. The van der Waals surface area contributed by atoms with Crippen LogP contribution in [-0.4, -0.2) is 41.7 Å². The molecule has 0 aromatic heterocycles. The first kappa shape index (κ1) is 17.8. The van der Waals surface area contributed by atoms with E-state index in [1.807, 2.05) is 25.8 Å². The van der Waals surface area contributed by atoms with E-state index in [9.17, 15) is 14.7 Å². The molecular weight excluding hydrogens is 284 g/mol. The zero-order valence-electron chi connectivity index (χ0n) is 13.2. The molecular formula is C16H24N2O4. The maximum absolute atomic E-state index is 11.9. The van der Waals surface area contributed by atoms with Crippen LogP contribution in [0.15, 0.2) is 24.3 Å². The number of amides is 1. The van der Waals surface area contributed by atoms with Gasteiger partial charge >= 0.3 is 5.97 Å². The van der Waals surface area contributed by atoms with E-state index < -0.39 is 12.0 Å². The number of aliphatic carboxylic acids is 1. The van der Waals surface area contributed by atoms with Crippen molar-refractivity contribution in [2.75, 3.05) is 18.5 Å². The molecule has 0 heterocycles. The lowest BCUT2D eigenvalue weighted by Crippen LogP contribution is -2.42. The van der Waals surface area contributed by atoms with E-state index in [1.54, 1.807) is 24.3 Å². The highest BCUT2D eigenvalue weighted by molar-refractivity contribution is 5.83. The molecule has 0 aliphatic heterocycles. The van der Waals surface area contributed by atoms with Gasteiger partial charge in [-0.05, 0) is 36.6 Å². The molecule has 1 amide bonds. The number of benzene rings is 1. The number of rotatable bonds is 8. The Morgan fingerprint density at radius 1 is 1.23 bits per heavy atom. The summed E-state index contributed by atoms with van der Waals surface area (Å²) in [4.78, 5) is 24.9. The number of hydrogen-bond donors (Lipinski definition) is 3. The highest BCUT2D eigenvalue weighted by atomic mass is 16.4. The third kappa shape index (κ3) is 6.03. The van der Waals surface area contributed by atoms with E-state index in [1.165, 1.54) is 0 Å². The molecule has 0 aliphatic carbocycles. The first-order chi connectivity index (χ1) is 10.3. The molecule has 0 bridgehead atoms. The van der Waals surface area contributed by atoms with Crippen LogP contribution in [0, 0.1) is 5.92 Å². The summed E-state index contributed by atoms with van der Waals surface area (Å²) in [7, 11) is 1.84. The van der Waals surface area contributed by atoms with E-state index in [4.69, 9.17) is 5.11 Å². The van der Waals surface area contributed by atoms with Crippen molar-refractivity contribution in [3.63, 3.8) is 0 Å². The number of phenols is 1. The van der Waals surface area contributed by atoms with Crippen LogP contribution in [0.25, 0.3) is 0 Å². The number of anilines is 1. The number of carbonyl (C=O) groups is 2. The Bertz CT molecular complexity index is 499. The molecule has 0 saturated carbocycles. The monoisotopic (exact) mass is 308 g/mol. The van der Waals surface area contributed by atoms with Crippen molar-refractivity contribution in [1.82, 2.24) is 5.32 Å². The van der Waals surface area contributed by atoms with Gasteiger partial charge in [0.25, 0.3) is 0 Å². The number of nitrogens with zero attached hydrogens (tertiary/aromatic N) is 1. The Labute approximate surface area is 130 Å². The first-order valence-corrected chi connectivity index (χ1v) is 7.32. The number of carboxylic acids is 1. The molecule has 122 valence electrons. The van der Waals surface area contributed by atoms with Crippen LogP contribution in [0.5, 0.6) is 5.75 Å². The molecule has 0 aliphatic rings. The van der Waals surface area contributed by atoms with Gasteiger partial charge in [0.2, 0.25) is 5.91 Å². The number of aromatic hydroxyl groups is 1. The van der Waals surface area contributed by atoms with Crippen molar-refractivity contribution in [1.29, 1.82) is 0 Å². The minimum atomic E-state index is -1.01. The molecule has 0 saturated heterocycles. The minimum Gasteiger partial charge on any atom is -0.508 e. The van der Waals surface area contributed by atoms with E-state index in [-0.39, 0.29) is 24.0 Å². The summed E-state index contributed by atoms with van der Waals surface area (Å²) in [6.45, 7) is 4.30. The van der Waals surface area contributed by atoms with Gasteiger partial charge in [0, 0.05) is 25.7 Å². The Balaban J connectivity index is 2.47. The van der Waals surface area contributed by atoms with Crippen LogP contribution in [-0.2, 0) is 9.59 Å². The Hall–Kier alpha value is -2.24. The molecule has 22 heavy (non-hydrogen) atoms. The fraction of sp³-hybridized carbons (Fsp3) is 0.500. The van der Waals surface area contributed by atoms with E-state index in [2.05, 4.69) is 5.32 Å². The lowest BCUT2D eigenvalue weighted by atomic mass is 10.0. The summed E-state index contributed by atoms with van der Waals surface area (Å²) >= 11 is 0. The van der Waals surface area contributed by atoms with Crippen LogP contribution >= 0.6 is 0 Å². The second-order valence-corrected chi connectivity index (χ2v) is 5.78. The van der Waals surface area contributed by atoms with Crippen LogP contribution in [0.3, 0.4) is 0 Å². The Kier molecular flexibility index (Phi) is 6.69. The third-order valence-corrected chi connectivity index (χ3v) is 3.31. The predicted octanol–water partition coefficient (Wildman–Crippen LogP) is 1.83. The van der Waals surface area contributed by atoms with Gasteiger partial charge in [0.1, 0.15) is 11.8 Å². The Morgan fingerprint density at radius 2 is 1.82 bits per heavy atom. The van der Waals surface area contributed by atoms with E-state index in [0.717, 1.165) is 5.69 Å². The van der Waals surface area contributed by atoms with Crippen LogP contribution in [0.2, 0.25) is 0 Å². The molecule has 0 fully saturated rings. The predicted molar refractivity (Wildman–Crippen MR) is 85.0 cm³/mol. The second-order valence-electron chi connectivity index (χ2n) is 5.78. The van der Waals surface area contributed by atoms with Gasteiger partial charge in [0.15, 0.2) is 0 Å². The van der Waals surface area contributed by atoms with Gasteiger partial charge < -0.3 is 20.4 Å². The maximum atomic E-state index is 11.9. The largest absolute Gasteiger partial charge is 0.508 e. The first-order valence-electron chi connectivity index (χ1n) is 7.32. The summed E-state index contributed by atoms with van der Waals surface area (Å²) in [5, 5.41) is 20.9. The van der Waals surface area contributed by atoms with Crippen molar-refractivity contribution in [2.24, 2.45) is 5.92 Å². The summed E-state index contributed by atoms with van der Waals surface area (Å²) in [6.07, 6.45) is 0.619. The summed E-state index contributed by atoms with van der Waals surface area (Å²) in [6, 6.07) is 5.83. The fourth-order valence-electron chi connectivity index (χ4n) is 2.06. The van der Waals surface area contributed by atoms with Gasteiger partial charge in [-0.25, -0.2) is 4.79 Å². The lowest BCUT2D eigenvalue weighted by Gasteiger charge is -2.20. The molecule has 1 atom stereocenters. The standard InChI is InChI=1S/C16H24N2O4/c1-11(2)10-14(16(21)22)17-15(20)8-9-18(3)12-4-6-13(19)7-5-12/h4-7,11,14,19H,8-10H2,1-3H3,(H,17,20)(H,21,22). The maximum Gasteiger partial charge on any atom is 0.326 e. The van der Waals surface area contributed by atoms with Crippen LogP contribution < -0.4 is 10.2 Å². The third-order valence-electron chi connectivity index (χ3n) is 3.31. The van der Waals surface area contributed by atoms with Gasteiger partial charge in [-0.2, -0.15) is 0 Å². The average Bonchev–Trinajstić information content (AvgIpc) is 2.44. The fourth-order valence-corrected chi connectivity index (χ4v) is 2.06. The molecule has 6 nitrogen and oxygen atoms in total. The highest BCUT2D eigenvalue weighted by Crippen LogP contribution is 2.17. The van der Waals surface area contributed by atoms with Gasteiger partial charge in [0.05, 0.1) is 0 Å². The average molecular weight is 308 g/mol. The van der Waals surface area contributed by atoms with Crippen molar-refractivity contribution in [3.05, 3.63) is 24.3 Å². The van der Waals surface area contributed by atoms with Gasteiger partial charge in [-0.15, -0.1) is 0 Å². The number of nitrogens with one attached hydrogen (secondary N) is 1. The summed E-state index contributed by atoms with van der Waals surface area (Å²) < 4.78 is 0. The van der Waals surface area contributed by atoms with Crippen molar-refractivity contribution < 1.29 is 19.8 Å². The highest BCUT2D eigenvalue weighted by Gasteiger charge is 2.20. The number of carbonyl (C=O) groups excluding carboxylic acids is 1.